The average molecular weight is 1250 g/mol. The van der Waals surface area contributed by atoms with Crippen LogP contribution >= 0.6 is 11.3 Å². The number of rotatable bonds is 34. The summed E-state index contributed by atoms with van der Waals surface area (Å²) in [5.41, 5.74) is 1.38. The third-order valence-corrected chi connectivity index (χ3v) is 16.6. The zero-order valence-corrected chi connectivity index (χ0v) is 53.7. The van der Waals surface area contributed by atoms with Gasteiger partial charge in [0.1, 0.15) is 40.7 Å². The molecule has 3 aromatic carbocycles. The Labute approximate surface area is 526 Å². The summed E-state index contributed by atoms with van der Waals surface area (Å²) in [4.78, 5) is 127. The molecule has 8 atom stereocenters. The first kappa shape index (κ1) is 70.8. The van der Waals surface area contributed by atoms with E-state index in [0.717, 1.165) is 34.5 Å². The number of aryl methyl sites for hydroxylation is 2. The smallest absolute Gasteiger partial charge is 0.263 e. The van der Waals surface area contributed by atoms with Crippen molar-refractivity contribution in [2.75, 3.05) is 66.9 Å². The van der Waals surface area contributed by atoms with Crippen LogP contribution in [0.1, 0.15) is 105 Å². The van der Waals surface area contributed by atoms with Gasteiger partial charge in [-0.1, -0.05) is 126 Å². The summed E-state index contributed by atoms with van der Waals surface area (Å²) in [6.45, 7) is 15.8. The molecule has 1 saturated carbocycles. The molecule has 3 heterocycles. The number of ether oxygens (including phenoxy) is 4. The molecular formula is C66H91N9O13S. The van der Waals surface area contributed by atoms with Gasteiger partial charge in [0.15, 0.2) is 11.6 Å². The number of epoxide rings is 1. The van der Waals surface area contributed by atoms with Gasteiger partial charge in [-0.05, 0) is 87.3 Å². The van der Waals surface area contributed by atoms with Crippen LogP contribution in [0, 0.1) is 24.2 Å². The number of aromatic nitrogens is 1. The van der Waals surface area contributed by atoms with E-state index in [1.54, 1.807) is 13.8 Å². The summed E-state index contributed by atoms with van der Waals surface area (Å²) in [7, 11) is 2.81. The van der Waals surface area contributed by atoms with Gasteiger partial charge < -0.3 is 56.2 Å². The molecule has 0 spiro atoms. The fourth-order valence-electron chi connectivity index (χ4n) is 10.2. The van der Waals surface area contributed by atoms with Gasteiger partial charge in [0, 0.05) is 39.1 Å². The predicted octanol–water partition coefficient (Wildman–Crippen LogP) is 4.01. The molecule has 7 rings (SSSR count). The lowest BCUT2D eigenvalue weighted by Crippen LogP contribution is -2.59. The lowest BCUT2D eigenvalue weighted by Gasteiger charge is -2.29. The number of ketones is 2. The maximum Gasteiger partial charge on any atom is 0.263 e. The Morgan fingerprint density at radius 2 is 1.02 bits per heavy atom. The quantitative estimate of drug-likeness (QED) is 0.0325. The highest BCUT2D eigenvalue weighted by Crippen LogP contribution is 2.46. The molecule has 3 aliphatic rings. The minimum atomic E-state index is -1.09. The SMILES string of the molecule is CC(C)C[C@H](NC(=O)[C@H](CCc1ccccc1)NC(=O)CN1CCOCC1)C(=O)N[C@@H](Cc1ccccc1)C(=O)N[C@@H](CC(C)C)C(=O)[C@@]1(C)CO1.COC[C@H](NC(=O)c1cnc(C)s1)C(=O)N[C@@H](COC)C(=O)N[C@@H](Cc1ccccc1)C(=O)C1(C)CC1. The Hall–Kier alpha value is -7.28. The number of thiazole rings is 1. The van der Waals surface area contributed by atoms with E-state index in [2.05, 4.69) is 42.2 Å². The van der Waals surface area contributed by atoms with Gasteiger partial charge in [-0.15, -0.1) is 11.3 Å². The zero-order chi connectivity index (χ0) is 64.7. The van der Waals surface area contributed by atoms with Crippen LogP contribution in [0.2, 0.25) is 0 Å². The molecule has 484 valence electrons. The normalized spacial score (nSPS) is 18.2. The van der Waals surface area contributed by atoms with Crippen LogP contribution < -0.4 is 37.2 Å². The summed E-state index contributed by atoms with van der Waals surface area (Å²) in [6, 6.07) is 21.9. The lowest BCUT2D eigenvalue weighted by molar-refractivity contribution is -0.135. The summed E-state index contributed by atoms with van der Waals surface area (Å²) in [5.74, 6) is -3.50. The number of morpholine rings is 1. The van der Waals surface area contributed by atoms with Crippen molar-refractivity contribution in [2.24, 2.45) is 17.3 Å². The van der Waals surface area contributed by atoms with Crippen molar-refractivity contribution in [3.8, 4) is 0 Å². The minimum Gasteiger partial charge on any atom is -0.382 e. The molecule has 22 nitrogen and oxygen atoms in total. The van der Waals surface area contributed by atoms with Crippen LogP contribution in [0.3, 0.4) is 0 Å². The van der Waals surface area contributed by atoms with E-state index in [0.29, 0.717) is 69.9 Å². The summed E-state index contributed by atoms with van der Waals surface area (Å²) < 4.78 is 21.1. The molecule has 1 aliphatic carbocycles. The molecule has 2 aliphatic heterocycles. The topological polar surface area (TPSA) is 294 Å². The number of nitrogens with zero attached hydrogens (tertiary/aromatic N) is 2. The summed E-state index contributed by atoms with van der Waals surface area (Å²) in [6.07, 6.45) is 5.09. The first-order valence-corrected chi connectivity index (χ1v) is 31.5. The van der Waals surface area contributed by atoms with Crippen LogP contribution in [0.15, 0.2) is 97.2 Å². The number of carbonyl (C=O) groups is 9. The van der Waals surface area contributed by atoms with E-state index in [1.165, 1.54) is 31.8 Å². The number of Topliss-reactive ketones (excluding diaryl/α,β-unsaturated/α-hetero) is 2. The first-order chi connectivity index (χ1) is 42.5. The van der Waals surface area contributed by atoms with E-state index >= 15 is 0 Å². The number of hydrogen-bond donors (Lipinski definition) is 7. The number of benzene rings is 3. The zero-order valence-electron chi connectivity index (χ0n) is 52.9. The van der Waals surface area contributed by atoms with Crippen LogP contribution in [0.5, 0.6) is 0 Å². The Kier molecular flexibility index (Phi) is 27.5. The van der Waals surface area contributed by atoms with Gasteiger partial charge in [-0.25, -0.2) is 4.98 Å². The van der Waals surface area contributed by atoms with Gasteiger partial charge in [-0.2, -0.15) is 0 Å². The van der Waals surface area contributed by atoms with Gasteiger partial charge in [0.2, 0.25) is 35.4 Å². The van der Waals surface area contributed by atoms with Gasteiger partial charge >= 0.3 is 0 Å². The third-order valence-electron chi connectivity index (χ3n) is 15.7. The fourth-order valence-corrected chi connectivity index (χ4v) is 10.9. The average Bonchev–Trinajstić information content (AvgIpc) is 2.57. The highest BCUT2D eigenvalue weighted by atomic mass is 32.1. The molecule has 1 aromatic heterocycles. The third kappa shape index (κ3) is 23.2. The Morgan fingerprint density at radius 3 is 1.53 bits per heavy atom. The van der Waals surface area contributed by atoms with Gasteiger partial charge in [-0.3, -0.25) is 48.1 Å². The number of nitrogens with one attached hydrogen (secondary N) is 7. The minimum absolute atomic E-state index is 0.0171. The van der Waals surface area contributed by atoms with Crippen LogP contribution in [0.4, 0.5) is 0 Å². The molecule has 3 fully saturated rings. The predicted molar refractivity (Wildman–Crippen MR) is 336 cm³/mol. The Bertz CT molecular complexity index is 2970. The van der Waals surface area contributed by atoms with E-state index in [9.17, 15) is 43.2 Å². The first-order valence-electron chi connectivity index (χ1n) is 30.7. The van der Waals surface area contributed by atoms with Gasteiger partial charge in [0.25, 0.3) is 5.91 Å². The van der Waals surface area contributed by atoms with E-state index < -0.39 is 88.8 Å². The Balaban J connectivity index is 0.000000300. The van der Waals surface area contributed by atoms with Crippen molar-refractivity contribution in [3.63, 3.8) is 0 Å². The number of hydrogen-bond acceptors (Lipinski definition) is 16. The van der Waals surface area contributed by atoms with E-state index in [4.69, 9.17) is 18.9 Å². The molecule has 0 bridgehead atoms. The summed E-state index contributed by atoms with van der Waals surface area (Å²) >= 11 is 1.20. The van der Waals surface area contributed by atoms with Crippen molar-refractivity contribution in [1.82, 2.24) is 47.1 Å². The lowest BCUT2D eigenvalue weighted by atomic mass is 9.92. The highest BCUT2D eigenvalue weighted by Gasteiger charge is 2.51. The van der Waals surface area contributed by atoms with Crippen molar-refractivity contribution in [2.45, 2.75) is 148 Å². The molecule has 0 radical (unpaired) electrons. The molecule has 7 amide bonds. The fraction of sp³-hybridized carbons (Fsp3) is 0.545. The molecule has 2 saturated heterocycles. The van der Waals surface area contributed by atoms with Crippen molar-refractivity contribution in [1.29, 1.82) is 0 Å². The number of methoxy groups -OCH3 is 2. The molecule has 89 heavy (non-hydrogen) atoms. The van der Waals surface area contributed by atoms with Crippen LogP contribution in [0.25, 0.3) is 0 Å². The van der Waals surface area contributed by atoms with Crippen molar-refractivity contribution >= 4 is 64.3 Å². The maximum atomic E-state index is 14.1. The number of carbonyl (C=O) groups excluding carboxylic acids is 9. The standard InChI is InChI=1S/C40H57N5O7.C26H34N4O6S/c1-27(2)22-32(36(47)40(5)26-52-40)42-39(50)34(24-30-14-10-7-11-15-30)44-38(49)33(23-28(3)4)43-37(48)31(17-16-29-12-8-6-9-13-29)41-35(46)25-45-18-20-51-21-19-45;1-16-27-13-21(37-16)25(34)30-20(15-36-4)24(33)29-19(14-35-3)23(32)28-18(22(31)26(2)10-11-26)12-17-8-6-5-7-9-17/h6-15,27-28,31-34H,16-26H2,1-5H3,(H,41,46)(H,42,50)(H,43,48)(H,44,49);5-9,13,18-20H,10-12,14-15H2,1-4H3,(H,28,32)(H,29,33)(H,30,34)/t31-,32-,33-,34-,40+;18-,19-,20-/m00/s1. The van der Waals surface area contributed by atoms with Crippen molar-refractivity contribution in [3.05, 3.63) is 124 Å². The van der Waals surface area contributed by atoms with Crippen LogP contribution in [-0.4, -0.2) is 178 Å². The second-order valence-corrected chi connectivity index (χ2v) is 25.7. The summed E-state index contributed by atoms with van der Waals surface area (Å²) in [5, 5.41) is 20.5. The molecular weight excluding hydrogens is 1160 g/mol. The molecule has 4 aromatic rings. The molecule has 7 N–H and O–H groups in total. The van der Waals surface area contributed by atoms with E-state index in [-0.39, 0.29) is 55.5 Å². The second-order valence-electron chi connectivity index (χ2n) is 24.5. The monoisotopic (exact) mass is 1250 g/mol. The van der Waals surface area contributed by atoms with E-state index in [1.807, 2.05) is 131 Å². The van der Waals surface area contributed by atoms with Crippen LogP contribution in [-0.2, 0) is 76.6 Å². The van der Waals surface area contributed by atoms with Gasteiger partial charge in [0.05, 0.1) is 62.9 Å². The number of amides is 7. The molecule has 0 unspecified atom stereocenters. The Morgan fingerprint density at radius 1 is 0.573 bits per heavy atom. The molecule has 23 heteroatoms. The highest BCUT2D eigenvalue weighted by molar-refractivity contribution is 7.13. The maximum absolute atomic E-state index is 14.1. The second kappa shape index (κ2) is 34.6. The van der Waals surface area contributed by atoms with Crippen molar-refractivity contribution < 1.29 is 62.1 Å². The largest absolute Gasteiger partial charge is 0.382 e.